The number of hydrogen-bond donors (Lipinski definition) is 2. The van der Waals surface area contributed by atoms with Gasteiger partial charge in [-0.2, -0.15) is 0 Å². The smallest absolute Gasteiger partial charge is 0.354 e. The number of aromatic nitrogens is 1. The van der Waals surface area contributed by atoms with Crippen molar-refractivity contribution in [2.45, 2.75) is 19.9 Å². The number of likely N-dealkylation sites (tertiary alicyclic amines) is 1. The third-order valence-electron chi connectivity index (χ3n) is 7.09. The second kappa shape index (κ2) is 11.3. The molecule has 2 aliphatic rings. The Hall–Kier alpha value is -3.83. The number of methoxy groups -OCH3 is 3. The maximum Gasteiger partial charge on any atom is 0.354 e. The number of aliphatic hydroxyl groups is 1. The number of carbonyl (C=O) groups excluding carboxylic acids is 3. The van der Waals surface area contributed by atoms with Crippen LogP contribution in [0.3, 0.4) is 0 Å². The van der Waals surface area contributed by atoms with Crippen LogP contribution in [0.1, 0.15) is 38.9 Å². The van der Waals surface area contributed by atoms with Gasteiger partial charge in [-0.05, 0) is 37.1 Å². The minimum atomic E-state index is -0.883. The summed E-state index contributed by atoms with van der Waals surface area (Å²) in [6, 6.07) is 4.24. The van der Waals surface area contributed by atoms with Crippen molar-refractivity contribution in [3.63, 3.8) is 0 Å². The van der Waals surface area contributed by atoms with Gasteiger partial charge in [0.25, 0.3) is 11.7 Å². The lowest BCUT2D eigenvalue weighted by Gasteiger charge is -2.31. The zero-order chi connectivity index (χ0) is 27.6. The highest BCUT2D eigenvalue weighted by molar-refractivity contribution is 6.46. The quantitative estimate of drug-likeness (QED) is 0.230. The zero-order valence-electron chi connectivity index (χ0n) is 22.3. The third-order valence-corrected chi connectivity index (χ3v) is 7.09. The van der Waals surface area contributed by atoms with Gasteiger partial charge in [-0.15, -0.1) is 0 Å². The van der Waals surface area contributed by atoms with Crippen molar-refractivity contribution in [2.24, 2.45) is 0 Å². The number of nitrogens with zero attached hydrogens (tertiary/aromatic N) is 2. The number of morpholine rings is 1. The summed E-state index contributed by atoms with van der Waals surface area (Å²) in [5, 5.41) is 11.6. The highest BCUT2D eigenvalue weighted by atomic mass is 16.5. The van der Waals surface area contributed by atoms with Gasteiger partial charge < -0.3 is 33.9 Å². The number of rotatable bonds is 8. The van der Waals surface area contributed by atoms with Gasteiger partial charge in [0.15, 0.2) is 11.5 Å². The maximum absolute atomic E-state index is 13.5. The molecule has 1 atom stereocenters. The van der Waals surface area contributed by atoms with E-state index in [1.165, 1.54) is 26.2 Å². The predicted octanol–water partition coefficient (Wildman–Crippen LogP) is 2.19. The summed E-state index contributed by atoms with van der Waals surface area (Å²) in [5.41, 5.74) is 1.83. The molecule has 3 heterocycles. The van der Waals surface area contributed by atoms with E-state index in [4.69, 9.17) is 18.9 Å². The average molecular weight is 528 g/mol. The Morgan fingerprint density at radius 3 is 2.39 bits per heavy atom. The zero-order valence-corrected chi connectivity index (χ0v) is 22.3. The molecule has 1 amide bonds. The highest BCUT2D eigenvalue weighted by Crippen LogP contribution is 2.43. The number of amides is 1. The van der Waals surface area contributed by atoms with Gasteiger partial charge >= 0.3 is 5.97 Å². The summed E-state index contributed by atoms with van der Waals surface area (Å²) >= 11 is 0. The Morgan fingerprint density at radius 2 is 1.76 bits per heavy atom. The second-order valence-corrected chi connectivity index (χ2v) is 9.18. The second-order valence-electron chi connectivity index (χ2n) is 9.18. The fraction of sp³-hybridized carbons (Fsp3) is 0.444. The number of ketones is 1. The first-order chi connectivity index (χ1) is 18.2. The maximum atomic E-state index is 13.5. The van der Waals surface area contributed by atoms with Crippen LogP contribution in [-0.4, -0.2) is 98.3 Å². The van der Waals surface area contributed by atoms with Crippen LogP contribution >= 0.6 is 0 Å². The Morgan fingerprint density at radius 1 is 1.08 bits per heavy atom. The number of ether oxygens (including phenoxy) is 4. The lowest BCUT2D eigenvalue weighted by Crippen LogP contribution is -2.42. The number of benzene rings is 1. The van der Waals surface area contributed by atoms with E-state index in [0.717, 1.165) is 13.1 Å². The lowest BCUT2D eigenvalue weighted by atomic mass is 9.93. The van der Waals surface area contributed by atoms with Crippen molar-refractivity contribution in [3.05, 3.63) is 51.9 Å². The molecule has 2 saturated heterocycles. The van der Waals surface area contributed by atoms with Gasteiger partial charge in [-0.1, -0.05) is 6.07 Å². The van der Waals surface area contributed by atoms with Crippen LogP contribution in [0.2, 0.25) is 0 Å². The standard InChI is InChI=1S/C27H33N3O8/c1-15-20(16(2)28-22(15)27(34)37-5)24(31)21-23(17-6-7-18(35-3)19(14-17)36-4)30(26(33)25(21)32)9-8-29-10-12-38-13-11-29/h6-7,14,23,28,31H,8-13H2,1-5H3/b24-21+/t23-/m0/s1. The molecule has 4 rings (SSSR count). The fourth-order valence-electron chi connectivity index (χ4n) is 5.10. The van der Waals surface area contributed by atoms with Crippen molar-refractivity contribution in [3.8, 4) is 11.5 Å². The van der Waals surface area contributed by atoms with Crippen molar-refractivity contribution >= 4 is 23.4 Å². The van der Waals surface area contributed by atoms with E-state index < -0.39 is 23.7 Å². The molecule has 11 heteroatoms. The number of esters is 1. The van der Waals surface area contributed by atoms with Crippen LogP contribution in [0.15, 0.2) is 23.8 Å². The van der Waals surface area contributed by atoms with E-state index in [9.17, 15) is 19.5 Å². The number of H-pyrrole nitrogens is 1. The van der Waals surface area contributed by atoms with E-state index in [1.54, 1.807) is 32.0 Å². The van der Waals surface area contributed by atoms with Gasteiger partial charge in [-0.3, -0.25) is 14.5 Å². The topological polar surface area (TPSA) is 131 Å². The first-order valence-corrected chi connectivity index (χ1v) is 12.3. The molecule has 2 aromatic rings. The van der Waals surface area contributed by atoms with E-state index in [1.807, 2.05) is 0 Å². The molecule has 0 radical (unpaired) electrons. The van der Waals surface area contributed by atoms with Crippen LogP contribution in [0.25, 0.3) is 5.76 Å². The number of hydrogen-bond acceptors (Lipinski definition) is 9. The van der Waals surface area contributed by atoms with E-state index >= 15 is 0 Å². The molecular formula is C27H33N3O8. The molecule has 11 nitrogen and oxygen atoms in total. The van der Waals surface area contributed by atoms with Crippen LogP contribution in [-0.2, 0) is 19.1 Å². The fourth-order valence-corrected chi connectivity index (χ4v) is 5.10. The summed E-state index contributed by atoms with van der Waals surface area (Å²) in [6.45, 7) is 6.78. The first-order valence-electron chi connectivity index (χ1n) is 12.3. The molecule has 2 N–H and O–H groups in total. The number of aliphatic hydroxyl groups excluding tert-OH is 1. The van der Waals surface area contributed by atoms with Crippen molar-refractivity contribution in [1.82, 2.24) is 14.8 Å². The van der Waals surface area contributed by atoms with E-state index in [2.05, 4.69) is 9.88 Å². The van der Waals surface area contributed by atoms with E-state index in [-0.39, 0.29) is 29.1 Å². The number of nitrogens with one attached hydrogen (secondary N) is 1. The van der Waals surface area contributed by atoms with Crippen LogP contribution in [0.4, 0.5) is 0 Å². The van der Waals surface area contributed by atoms with Crippen molar-refractivity contribution in [2.75, 3.05) is 60.7 Å². The van der Waals surface area contributed by atoms with Crippen molar-refractivity contribution < 1.29 is 38.4 Å². The Kier molecular flexibility index (Phi) is 8.08. The SMILES string of the molecule is COC(=O)c1[nH]c(C)c(/C(O)=C2\C(=O)C(=O)N(CCN3CCOCC3)[C@H]2c2ccc(OC)c(OC)c2)c1C. The van der Waals surface area contributed by atoms with E-state index in [0.29, 0.717) is 48.1 Å². The summed E-state index contributed by atoms with van der Waals surface area (Å²) < 4.78 is 21.1. The molecule has 0 bridgehead atoms. The molecule has 1 aromatic heterocycles. The number of aryl methyl sites for hydroxylation is 1. The largest absolute Gasteiger partial charge is 0.507 e. The minimum absolute atomic E-state index is 0.0641. The molecule has 0 aliphatic carbocycles. The Labute approximate surface area is 220 Å². The molecule has 2 aliphatic heterocycles. The molecule has 0 saturated carbocycles. The minimum Gasteiger partial charge on any atom is -0.507 e. The molecule has 2 fully saturated rings. The predicted molar refractivity (Wildman–Crippen MR) is 137 cm³/mol. The molecule has 1 aromatic carbocycles. The Balaban J connectivity index is 1.84. The number of aromatic amines is 1. The molecule has 0 spiro atoms. The summed E-state index contributed by atoms with van der Waals surface area (Å²) in [6.07, 6.45) is 0. The first kappa shape index (κ1) is 27.2. The van der Waals surface area contributed by atoms with Crippen LogP contribution < -0.4 is 9.47 Å². The number of Topliss-reactive ketones (excluding diaryl/α,β-unsaturated/α-hetero) is 1. The molecular weight excluding hydrogens is 494 g/mol. The number of carbonyl (C=O) groups is 3. The summed E-state index contributed by atoms with van der Waals surface area (Å²) in [7, 11) is 4.27. The average Bonchev–Trinajstić information content (AvgIpc) is 3.37. The summed E-state index contributed by atoms with van der Waals surface area (Å²) in [5.74, 6) is -1.57. The van der Waals surface area contributed by atoms with Crippen LogP contribution in [0.5, 0.6) is 11.5 Å². The Bertz CT molecular complexity index is 1280. The summed E-state index contributed by atoms with van der Waals surface area (Å²) in [4.78, 5) is 45.6. The third kappa shape index (κ3) is 4.86. The van der Waals surface area contributed by atoms with Crippen LogP contribution in [0, 0.1) is 13.8 Å². The van der Waals surface area contributed by atoms with Gasteiger partial charge in [0.05, 0.1) is 46.2 Å². The highest BCUT2D eigenvalue weighted by Gasteiger charge is 2.46. The molecule has 38 heavy (non-hydrogen) atoms. The van der Waals surface area contributed by atoms with Gasteiger partial charge in [0.1, 0.15) is 11.5 Å². The van der Waals surface area contributed by atoms with Gasteiger partial charge in [0, 0.05) is 37.4 Å². The normalized spacial score (nSPS) is 19.6. The van der Waals surface area contributed by atoms with Gasteiger partial charge in [-0.25, -0.2) is 4.79 Å². The molecule has 0 unspecified atom stereocenters. The monoisotopic (exact) mass is 527 g/mol. The lowest BCUT2D eigenvalue weighted by molar-refractivity contribution is -0.140. The van der Waals surface area contributed by atoms with Crippen molar-refractivity contribution in [1.29, 1.82) is 0 Å². The molecule has 204 valence electrons. The van der Waals surface area contributed by atoms with Gasteiger partial charge in [0.2, 0.25) is 0 Å².